The monoisotopic (exact) mass is 1020 g/mol. The second-order valence-electron chi connectivity index (χ2n) is 19.1. The lowest BCUT2D eigenvalue weighted by atomic mass is 10.0. The van der Waals surface area contributed by atoms with E-state index in [0.29, 0.717) is 25.7 Å². The molecule has 0 rings (SSSR count). The van der Waals surface area contributed by atoms with Crippen molar-refractivity contribution in [2.24, 2.45) is 0 Å². The number of hydrogen-bond donors (Lipinski definition) is 0. The number of rotatable bonds is 52. The van der Waals surface area contributed by atoms with Crippen molar-refractivity contribution >= 4 is 17.9 Å². The Bertz CT molecular complexity index is 1640. The highest BCUT2D eigenvalue weighted by Crippen LogP contribution is 2.14. The van der Waals surface area contributed by atoms with Gasteiger partial charge in [0.05, 0.1) is 0 Å². The van der Waals surface area contributed by atoms with Gasteiger partial charge in [0.15, 0.2) is 6.10 Å². The number of hydrogen-bond acceptors (Lipinski definition) is 6. The molecular weight excluding hydrogens is 913 g/mol. The van der Waals surface area contributed by atoms with Gasteiger partial charge in [0.1, 0.15) is 13.2 Å². The first-order valence-corrected chi connectivity index (χ1v) is 29.8. The van der Waals surface area contributed by atoms with Gasteiger partial charge < -0.3 is 14.2 Å². The minimum absolute atomic E-state index is 0.0985. The fraction of sp³-hybridized carbons (Fsp3) is 0.603. The van der Waals surface area contributed by atoms with Crippen LogP contribution in [-0.4, -0.2) is 37.2 Å². The highest BCUT2D eigenvalue weighted by atomic mass is 16.6. The summed E-state index contributed by atoms with van der Waals surface area (Å²) in [6, 6.07) is 0. The van der Waals surface area contributed by atoms with Crippen LogP contribution in [0.5, 0.6) is 0 Å². The molecule has 0 radical (unpaired) electrons. The molecule has 0 heterocycles. The average molecular weight is 1020 g/mol. The Labute approximate surface area is 455 Å². The summed E-state index contributed by atoms with van der Waals surface area (Å²) in [5.74, 6) is -0.964. The van der Waals surface area contributed by atoms with Gasteiger partial charge in [-0.25, -0.2) is 0 Å². The van der Waals surface area contributed by atoms with E-state index in [0.717, 1.165) is 128 Å². The standard InChI is InChI=1S/C68H108O6/c1-4-7-10-13-16-18-20-22-24-26-28-30-32-33-34-35-37-38-40-42-44-46-48-50-52-55-58-61-67(70)73-64-65(63-72-66(69)60-57-54-15-12-9-6-3)74-68(71)62-59-56-53-51-49-47-45-43-41-39-36-31-29-27-25-23-21-19-17-14-11-8-5-2/h7-8,10-11,16-19,22-25,28-31,33-34,37-38,42,44,48,50,65H,4-6,9,12-15,20-21,26-27,32,35-36,39-41,43,45-47,49,51-64H2,1-3H3/b10-7-,11-8-,18-16-,19-17-,24-22-,25-23-,30-28-,31-29-,34-33-,38-37-,44-42-,50-48-. The minimum Gasteiger partial charge on any atom is -0.462 e. The molecule has 0 aliphatic carbocycles. The van der Waals surface area contributed by atoms with E-state index in [-0.39, 0.29) is 31.1 Å². The molecule has 0 aromatic heterocycles. The van der Waals surface area contributed by atoms with Crippen LogP contribution < -0.4 is 0 Å². The number of unbranched alkanes of at least 4 members (excludes halogenated alkanes) is 17. The van der Waals surface area contributed by atoms with Crippen molar-refractivity contribution < 1.29 is 28.6 Å². The van der Waals surface area contributed by atoms with Crippen molar-refractivity contribution in [3.63, 3.8) is 0 Å². The van der Waals surface area contributed by atoms with Crippen molar-refractivity contribution in [2.45, 2.75) is 252 Å². The van der Waals surface area contributed by atoms with Crippen molar-refractivity contribution in [3.05, 3.63) is 146 Å². The fourth-order valence-electron chi connectivity index (χ4n) is 7.68. The normalized spacial score (nSPS) is 13.2. The van der Waals surface area contributed by atoms with Gasteiger partial charge in [-0.05, 0) is 122 Å². The zero-order valence-electron chi connectivity index (χ0n) is 47.5. The molecule has 1 unspecified atom stereocenters. The molecule has 0 aliphatic rings. The van der Waals surface area contributed by atoms with E-state index < -0.39 is 6.10 Å². The Kier molecular flexibility index (Phi) is 57.0. The quantitative estimate of drug-likeness (QED) is 0.0261. The van der Waals surface area contributed by atoms with Crippen LogP contribution in [-0.2, 0) is 28.6 Å². The maximum Gasteiger partial charge on any atom is 0.306 e. The van der Waals surface area contributed by atoms with Crippen LogP contribution >= 0.6 is 0 Å². The predicted molar refractivity (Wildman–Crippen MR) is 320 cm³/mol. The van der Waals surface area contributed by atoms with Gasteiger partial charge in [-0.1, -0.05) is 250 Å². The number of carbonyl (C=O) groups is 3. The Hall–Kier alpha value is -4.71. The Morgan fingerprint density at radius 3 is 0.851 bits per heavy atom. The van der Waals surface area contributed by atoms with Crippen LogP contribution in [0.3, 0.4) is 0 Å². The summed E-state index contributed by atoms with van der Waals surface area (Å²) in [5.41, 5.74) is 0. The third-order valence-electron chi connectivity index (χ3n) is 12.1. The molecule has 6 heteroatoms. The van der Waals surface area contributed by atoms with Gasteiger partial charge in [-0.15, -0.1) is 0 Å². The summed E-state index contributed by atoms with van der Waals surface area (Å²) >= 11 is 0. The molecule has 0 aliphatic heterocycles. The van der Waals surface area contributed by atoms with E-state index in [1.165, 1.54) is 70.6 Å². The van der Waals surface area contributed by atoms with Gasteiger partial charge in [0.2, 0.25) is 0 Å². The Morgan fingerprint density at radius 1 is 0.284 bits per heavy atom. The maximum atomic E-state index is 12.8. The van der Waals surface area contributed by atoms with E-state index in [2.05, 4.69) is 167 Å². The van der Waals surface area contributed by atoms with Crippen LogP contribution in [0.15, 0.2) is 146 Å². The minimum atomic E-state index is -0.802. The number of esters is 3. The van der Waals surface area contributed by atoms with Gasteiger partial charge >= 0.3 is 17.9 Å². The van der Waals surface area contributed by atoms with Crippen LogP contribution in [0, 0.1) is 0 Å². The zero-order valence-corrected chi connectivity index (χ0v) is 47.5. The zero-order chi connectivity index (χ0) is 53.6. The van der Waals surface area contributed by atoms with Crippen LogP contribution in [0.2, 0.25) is 0 Å². The molecule has 0 fully saturated rings. The maximum absolute atomic E-state index is 12.8. The molecule has 0 N–H and O–H groups in total. The van der Waals surface area contributed by atoms with Gasteiger partial charge in [-0.2, -0.15) is 0 Å². The SMILES string of the molecule is CC/C=C\C/C=C\C/C=C\C/C=C\C/C=C\C/C=C\C/C=C\C/C=C\CCCCC(=O)OCC(COC(=O)CCCCCCCC)OC(=O)CCCCCCCCCCCC/C=C\C/C=C\C/C=C\C/C=C\CC. The van der Waals surface area contributed by atoms with Crippen LogP contribution in [0.1, 0.15) is 245 Å². The molecule has 0 aromatic rings. The Morgan fingerprint density at radius 2 is 0.527 bits per heavy atom. The first kappa shape index (κ1) is 69.3. The fourth-order valence-corrected chi connectivity index (χ4v) is 7.68. The van der Waals surface area contributed by atoms with Gasteiger partial charge in [0, 0.05) is 19.3 Å². The van der Waals surface area contributed by atoms with Crippen LogP contribution in [0.25, 0.3) is 0 Å². The van der Waals surface area contributed by atoms with E-state index >= 15 is 0 Å². The van der Waals surface area contributed by atoms with E-state index in [4.69, 9.17) is 14.2 Å². The van der Waals surface area contributed by atoms with Gasteiger partial charge in [-0.3, -0.25) is 14.4 Å². The summed E-state index contributed by atoms with van der Waals surface area (Å²) in [4.78, 5) is 37.9. The summed E-state index contributed by atoms with van der Waals surface area (Å²) < 4.78 is 16.7. The first-order chi connectivity index (χ1) is 36.5. The molecule has 0 amide bonds. The van der Waals surface area contributed by atoms with Crippen molar-refractivity contribution in [1.29, 1.82) is 0 Å². The van der Waals surface area contributed by atoms with Crippen molar-refractivity contribution in [3.8, 4) is 0 Å². The lowest BCUT2D eigenvalue weighted by Gasteiger charge is -2.18. The summed E-state index contributed by atoms with van der Waals surface area (Å²) in [5, 5.41) is 0. The molecule has 0 saturated carbocycles. The summed E-state index contributed by atoms with van der Waals surface area (Å²) in [7, 11) is 0. The third-order valence-corrected chi connectivity index (χ3v) is 12.1. The lowest BCUT2D eigenvalue weighted by Crippen LogP contribution is -2.30. The predicted octanol–water partition coefficient (Wildman–Crippen LogP) is 20.4. The molecular formula is C68H108O6. The molecule has 0 spiro atoms. The largest absolute Gasteiger partial charge is 0.462 e. The first-order valence-electron chi connectivity index (χ1n) is 29.8. The number of ether oxygens (including phenoxy) is 3. The molecule has 6 nitrogen and oxygen atoms in total. The summed E-state index contributed by atoms with van der Waals surface area (Å²) in [6.45, 7) is 6.30. The summed E-state index contributed by atoms with van der Waals surface area (Å²) in [6.07, 6.45) is 87.3. The van der Waals surface area contributed by atoms with E-state index in [1.54, 1.807) is 0 Å². The topological polar surface area (TPSA) is 78.9 Å². The average Bonchev–Trinajstić information content (AvgIpc) is 3.40. The molecule has 0 saturated heterocycles. The molecule has 0 bridgehead atoms. The van der Waals surface area contributed by atoms with Gasteiger partial charge in [0.25, 0.3) is 0 Å². The second-order valence-corrected chi connectivity index (χ2v) is 19.1. The molecule has 1 atom stereocenters. The number of carbonyl (C=O) groups excluding carboxylic acids is 3. The van der Waals surface area contributed by atoms with Crippen LogP contribution in [0.4, 0.5) is 0 Å². The Balaban J connectivity index is 4.26. The van der Waals surface area contributed by atoms with E-state index in [9.17, 15) is 14.4 Å². The lowest BCUT2D eigenvalue weighted by molar-refractivity contribution is -0.167. The third kappa shape index (κ3) is 58.2. The highest BCUT2D eigenvalue weighted by Gasteiger charge is 2.19. The highest BCUT2D eigenvalue weighted by molar-refractivity contribution is 5.71. The number of allylic oxidation sites excluding steroid dienone is 24. The van der Waals surface area contributed by atoms with Crippen molar-refractivity contribution in [2.75, 3.05) is 13.2 Å². The second kappa shape index (κ2) is 60.8. The smallest absolute Gasteiger partial charge is 0.306 e. The van der Waals surface area contributed by atoms with E-state index in [1.807, 2.05) is 0 Å². The van der Waals surface area contributed by atoms with Crippen molar-refractivity contribution in [1.82, 2.24) is 0 Å². The molecule has 0 aromatic carbocycles. The molecule has 74 heavy (non-hydrogen) atoms. The molecule has 416 valence electrons.